The van der Waals surface area contributed by atoms with Crippen LogP contribution in [-0.2, 0) is 0 Å². The fourth-order valence-corrected chi connectivity index (χ4v) is 4.94. The average Bonchev–Trinajstić information content (AvgIpc) is 2.97. The second-order valence-electron chi connectivity index (χ2n) is 11.9. The molecule has 0 atom stereocenters. The molecule has 0 spiro atoms. The van der Waals surface area contributed by atoms with Crippen molar-refractivity contribution in [3.8, 4) is 0 Å². The number of benzene rings is 1. The molecule has 0 bridgehead atoms. The van der Waals surface area contributed by atoms with Crippen molar-refractivity contribution in [2.75, 3.05) is 67.5 Å². The number of hydrogen-bond donors (Lipinski definition) is 0. The summed E-state index contributed by atoms with van der Waals surface area (Å²) in [6, 6.07) is 7.15. The molecule has 1 aromatic carbocycles. The lowest BCUT2D eigenvalue weighted by Crippen LogP contribution is -2.35. The van der Waals surface area contributed by atoms with Crippen molar-refractivity contribution in [1.29, 1.82) is 0 Å². The largest absolute Gasteiger partial charge is 0.340 e. The maximum atomic E-state index is 12.9. The number of likely N-dealkylation sites (N-methyl/N-ethyl adjacent to an activating group) is 4. The Morgan fingerprint density at radius 3 is 1.07 bits per heavy atom. The monoisotopic (exact) mass is 558 g/mol. The molecule has 0 aromatic heterocycles. The van der Waals surface area contributed by atoms with Crippen LogP contribution < -0.4 is 0 Å². The van der Waals surface area contributed by atoms with Crippen molar-refractivity contribution in [3.63, 3.8) is 0 Å². The Morgan fingerprint density at radius 2 is 0.750 bits per heavy atom. The second-order valence-corrected chi connectivity index (χ2v) is 11.9. The number of hydrogen-bond acceptors (Lipinski definition) is 4. The topological polar surface area (TPSA) is 47.1 Å². The second kappa shape index (κ2) is 22.7. The molecule has 0 N–H and O–H groups in total. The van der Waals surface area contributed by atoms with Gasteiger partial charge in [0.25, 0.3) is 11.8 Å². The molecule has 0 fully saturated rings. The summed E-state index contributed by atoms with van der Waals surface area (Å²) in [6.07, 6.45) is 18.4. The van der Waals surface area contributed by atoms with Crippen molar-refractivity contribution in [2.24, 2.45) is 0 Å². The first kappa shape index (κ1) is 36.1. The van der Waals surface area contributed by atoms with Crippen molar-refractivity contribution >= 4 is 11.8 Å². The Morgan fingerprint density at radius 1 is 0.450 bits per heavy atom. The lowest BCUT2D eigenvalue weighted by molar-refractivity contribution is 0.0770. The summed E-state index contributed by atoms with van der Waals surface area (Å²) < 4.78 is 0. The van der Waals surface area contributed by atoms with E-state index in [0.29, 0.717) is 24.2 Å². The van der Waals surface area contributed by atoms with Crippen LogP contribution in [0.1, 0.15) is 124 Å². The van der Waals surface area contributed by atoms with Gasteiger partial charge in [0.05, 0.1) is 0 Å². The zero-order valence-corrected chi connectivity index (χ0v) is 27.1. The van der Waals surface area contributed by atoms with E-state index in [1.54, 1.807) is 34.1 Å². The predicted octanol–water partition coefficient (Wildman–Crippen LogP) is 7.20. The molecule has 6 nitrogen and oxygen atoms in total. The summed E-state index contributed by atoms with van der Waals surface area (Å²) in [5.41, 5.74) is 1.26. The summed E-state index contributed by atoms with van der Waals surface area (Å²) in [7, 11) is 8.00. The molecule has 0 saturated heterocycles. The number of amides is 2. The standard InChI is InChI=1S/C34H62N4O2/c1-7-9-11-13-15-17-19-25-35(3)27-29-37(5)33(39)31-21-23-32(24-22-31)34(40)38(6)30-28-36(4)26-20-18-16-14-12-10-8-2/h21-24H,7-20,25-30H2,1-6H3. The van der Waals surface area contributed by atoms with Crippen LogP contribution in [0.25, 0.3) is 0 Å². The van der Waals surface area contributed by atoms with Crippen molar-refractivity contribution in [1.82, 2.24) is 19.6 Å². The molecule has 0 radical (unpaired) electrons. The lowest BCUT2D eigenvalue weighted by Gasteiger charge is -2.23. The molecule has 1 aromatic rings. The van der Waals surface area contributed by atoms with Gasteiger partial charge in [-0.15, -0.1) is 0 Å². The molecule has 1 rings (SSSR count). The number of nitrogens with zero attached hydrogens (tertiary/aromatic N) is 4. The third-order valence-corrected chi connectivity index (χ3v) is 7.99. The highest BCUT2D eigenvalue weighted by atomic mass is 16.2. The first-order valence-electron chi connectivity index (χ1n) is 16.3. The van der Waals surface area contributed by atoms with Gasteiger partial charge in [-0.05, 0) is 64.3 Å². The van der Waals surface area contributed by atoms with Crippen LogP contribution in [0.4, 0.5) is 0 Å². The highest BCUT2D eigenvalue weighted by molar-refractivity contribution is 5.97. The molecule has 0 aliphatic carbocycles. The van der Waals surface area contributed by atoms with E-state index < -0.39 is 0 Å². The van der Waals surface area contributed by atoms with Crippen LogP contribution in [0.15, 0.2) is 24.3 Å². The maximum absolute atomic E-state index is 12.9. The van der Waals surface area contributed by atoms with Gasteiger partial charge in [0, 0.05) is 51.4 Å². The van der Waals surface area contributed by atoms with Crippen LogP contribution in [0.2, 0.25) is 0 Å². The number of rotatable bonds is 24. The van der Waals surface area contributed by atoms with Gasteiger partial charge in [-0.3, -0.25) is 9.59 Å². The van der Waals surface area contributed by atoms with Gasteiger partial charge >= 0.3 is 0 Å². The molecule has 0 saturated carbocycles. The average molecular weight is 559 g/mol. The molecule has 0 heterocycles. The molecular weight excluding hydrogens is 496 g/mol. The number of carbonyl (C=O) groups is 2. The fraction of sp³-hybridized carbons (Fsp3) is 0.765. The van der Waals surface area contributed by atoms with E-state index in [0.717, 1.165) is 26.2 Å². The van der Waals surface area contributed by atoms with Crippen LogP contribution in [0.5, 0.6) is 0 Å². The zero-order valence-electron chi connectivity index (χ0n) is 27.1. The summed E-state index contributed by atoms with van der Waals surface area (Å²) in [5, 5.41) is 0. The minimum absolute atomic E-state index is 0.00339. The van der Waals surface area contributed by atoms with E-state index in [-0.39, 0.29) is 11.8 Å². The van der Waals surface area contributed by atoms with E-state index >= 15 is 0 Å². The van der Waals surface area contributed by atoms with Crippen molar-refractivity contribution < 1.29 is 9.59 Å². The molecule has 40 heavy (non-hydrogen) atoms. The van der Waals surface area contributed by atoms with E-state index in [1.165, 1.54) is 89.9 Å². The Balaban J connectivity index is 2.31. The van der Waals surface area contributed by atoms with Crippen LogP contribution in [0.3, 0.4) is 0 Å². The van der Waals surface area contributed by atoms with Gasteiger partial charge in [0.1, 0.15) is 0 Å². The SMILES string of the molecule is CCCCCCCCCN(C)CCN(C)C(=O)c1ccc(C(=O)N(C)CCN(C)CCCCCCCCC)cc1. The molecule has 6 heteroatoms. The molecular formula is C34H62N4O2. The Bertz CT molecular complexity index is 718. The minimum atomic E-state index is 0.00339. The number of unbranched alkanes of at least 4 members (excludes halogenated alkanes) is 12. The van der Waals surface area contributed by atoms with E-state index in [4.69, 9.17) is 0 Å². The zero-order chi connectivity index (χ0) is 29.6. The highest BCUT2D eigenvalue weighted by Gasteiger charge is 2.16. The first-order chi connectivity index (χ1) is 19.3. The summed E-state index contributed by atoms with van der Waals surface area (Å²) in [6.45, 7) is 9.80. The third-order valence-electron chi connectivity index (χ3n) is 7.99. The Labute approximate surface area is 247 Å². The quantitative estimate of drug-likeness (QED) is 0.126. The van der Waals surface area contributed by atoms with E-state index in [1.807, 2.05) is 14.1 Å². The van der Waals surface area contributed by atoms with Gasteiger partial charge < -0.3 is 19.6 Å². The van der Waals surface area contributed by atoms with Gasteiger partial charge in [-0.25, -0.2) is 0 Å². The normalized spacial score (nSPS) is 11.4. The third kappa shape index (κ3) is 16.4. The molecule has 230 valence electrons. The van der Waals surface area contributed by atoms with E-state index in [9.17, 15) is 9.59 Å². The predicted molar refractivity (Wildman–Crippen MR) is 171 cm³/mol. The lowest BCUT2D eigenvalue weighted by atomic mass is 10.1. The maximum Gasteiger partial charge on any atom is 0.253 e. The smallest absolute Gasteiger partial charge is 0.253 e. The molecule has 0 aliphatic rings. The number of carbonyl (C=O) groups excluding carboxylic acids is 2. The van der Waals surface area contributed by atoms with Gasteiger partial charge in [-0.1, -0.05) is 90.9 Å². The minimum Gasteiger partial charge on any atom is -0.340 e. The fourth-order valence-electron chi connectivity index (χ4n) is 4.94. The van der Waals surface area contributed by atoms with Gasteiger partial charge in [0.2, 0.25) is 0 Å². The van der Waals surface area contributed by atoms with Crippen LogP contribution in [-0.4, -0.2) is 98.9 Å². The first-order valence-corrected chi connectivity index (χ1v) is 16.3. The van der Waals surface area contributed by atoms with Crippen LogP contribution >= 0.6 is 0 Å². The Hall–Kier alpha value is -1.92. The van der Waals surface area contributed by atoms with Gasteiger partial charge in [-0.2, -0.15) is 0 Å². The van der Waals surface area contributed by atoms with E-state index in [2.05, 4.69) is 37.7 Å². The van der Waals surface area contributed by atoms with Crippen molar-refractivity contribution in [3.05, 3.63) is 35.4 Å². The Kier molecular flexibility index (Phi) is 20.5. The van der Waals surface area contributed by atoms with Gasteiger partial charge in [0.15, 0.2) is 0 Å². The molecule has 0 unspecified atom stereocenters. The van der Waals surface area contributed by atoms with Crippen molar-refractivity contribution in [2.45, 2.75) is 104 Å². The molecule has 2 amide bonds. The van der Waals surface area contributed by atoms with Crippen LogP contribution in [0, 0.1) is 0 Å². The summed E-state index contributed by atoms with van der Waals surface area (Å²) in [5.74, 6) is 0.00679. The molecule has 0 aliphatic heterocycles. The highest BCUT2D eigenvalue weighted by Crippen LogP contribution is 2.11. The summed E-state index contributed by atoms with van der Waals surface area (Å²) >= 11 is 0. The summed E-state index contributed by atoms with van der Waals surface area (Å²) in [4.78, 5) is 34.0.